The first-order chi connectivity index (χ1) is 10.1. The van der Waals surface area contributed by atoms with Crippen molar-refractivity contribution in [1.29, 1.82) is 0 Å². The minimum atomic E-state index is -4.71. The average Bonchev–Trinajstić information content (AvgIpc) is 2.79. The molecule has 1 heterocycles. The van der Waals surface area contributed by atoms with Crippen LogP contribution in [0.25, 0.3) is 0 Å². The predicted octanol–water partition coefficient (Wildman–Crippen LogP) is 2.72. The molecule has 0 aromatic heterocycles. The Labute approximate surface area is 132 Å². The molecule has 124 valence electrons. The van der Waals surface area contributed by atoms with E-state index >= 15 is 0 Å². The molecule has 9 heteroatoms. The smallest absolute Gasteiger partial charge is 0.330 e. The van der Waals surface area contributed by atoms with Crippen molar-refractivity contribution in [2.24, 2.45) is 11.7 Å². The van der Waals surface area contributed by atoms with Gasteiger partial charge in [-0.05, 0) is 44.0 Å². The summed E-state index contributed by atoms with van der Waals surface area (Å²) in [6.45, 7) is 2.27. The van der Waals surface area contributed by atoms with E-state index in [1.54, 1.807) is 6.92 Å². The first kappa shape index (κ1) is 17.5. The molecule has 0 spiro atoms. The van der Waals surface area contributed by atoms with Gasteiger partial charge in [0.1, 0.15) is 0 Å². The van der Waals surface area contributed by atoms with Crippen molar-refractivity contribution >= 4 is 21.6 Å². The Kier molecular flexibility index (Phi) is 4.77. The minimum absolute atomic E-state index is 0.0131. The van der Waals surface area contributed by atoms with E-state index in [1.165, 1.54) is 4.31 Å². The van der Waals surface area contributed by atoms with E-state index in [-0.39, 0.29) is 18.5 Å². The molecule has 1 aliphatic heterocycles. The normalized spacial score (nSPS) is 23.9. The van der Waals surface area contributed by atoms with Crippen molar-refractivity contribution in [2.75, 3.05) is 13.1 Å². The molecule has 4 nitrogen and oxygen atoms in total. The Balaban J connectivity index is 2.43. The Bertz CT molecular complexity index is 664. The van der Waals surface area contributed by atoms with Crippen molar-refractivity contribution in [2.45, 2.75) is 30.5 Å². The summed E-state index contributed by atoms with van der Waals surface area (Å²) in [5, 5.41) is -0.527. The van der Waals surface area contributed by atoms with Crippen LogP contribution in [0.2, 0.25) is 5.02 Å². The largest absolute Gasteiger partial charge is 0.417 e. The summed E-state index contributed by atoms with van der Waals surface area (Å²) in [4.78, 5) is -0.409. The molecule has 2 unspecified atom stereocenters. The number of hydrogen-bond acceptors (Lipinski definition) is 3. The maximum Gasteiger partial charge on any atom is 0.417 e. The van der Waals surface area contributed by atoms with E-state index in [2.05, 4.69) is 0 Å². The molecule has 0 amide bonds. The summed E-state index contributed by atoms with van der Waals surface area (Å²) in [6, 6.07) is 2.33. The van der Waals surface area contributed by atoms with Crippen LogP contribution >= 0.6 is 11.6 Å². The molecule has 2 rings (SSSR count). The molecule has 1 aliphatic rings. The first-order valence-electron chi connectivity index (χ1n) is 6.66. The van der Waals surface area contributed by atoms with Crippen LogP contribution in [0.1, 0.15) is 18.9 Å². The molecule has 0 radical (unpaired) electrons. The van der Waals surface area contributed by atoms with Gasteiger partial charge in [0.25, 0.3) is 0 Å². The lowest BCUT2D eigenvalue weighted by Gasteiger charge is -2.22. The van der Waals surface area contributed by atoms with Gasteiger partial charge in [-0.25, -0.2) is 8.42 Å². The summed E-state index contributed by atoms with van der Waals surface area (Å²) in [5.74, 6) is 0.0131. The van der Waals surface area contributed by atoms with Crippen LogP contribution in [-0.2, 0) is 16.2 Å². The third-order valence-electron chi connectivity index (χ3n) is 3.79. The summed E-state index contributed by atoms with van der Waals surface area (Å²) in [7, 11) is -4.01. The van der Waals surface area contributed by atoms with Gasteiger partial charge in [0.05, 0.1) is 15.5 Å². The van der Waals surface area contributed by atoms with E-state index in [0.717, 1.165) is 12.1 Å². The fourth-order valence-electron chi connectivity index (χ4n) is 2.63. The molecule has 1 aromatic carbocycles. The van der Waals surface area contributed by atoms with Gasteiger partial charge in [-0.15, -0.1) is 0 Å². The van der Waals surface area contributed by atoms with Crippen LogP contribution in [0.5, 0.6) is 0 Å². The molecule has 1 aromatic rings. The quantitative estimate of drug-likeness (QED) is 0.905. The number of rotatable bonds is 3. The zero-order valence-corrected chi connectivity index (χ0v) is 13.3. The number of alkyl halides is 3. The van der Waals surface area contributed by atoms with Crippen molar-refractivity contribution in [3.05, 3.63) is 28.8 Å². The van der Waals surface area contributed by atoms with E-state index in [1.807, 2.05) is 0 Å². The van der Waals surface area contributed by atoms with E-state index in [4.69, 9.17) is 17.3 Å². The second-order valence-corrected chi connectivity index (χ2v) is 7.70. The van der Waals surface area contributed by atoms with Crippen LogP contribution in [0.15, 0.2) is 23.1 Å². The van der Waals surface area contributed by atoms with Crippen LogP contribution < -0.4 is 5.73 Å². The fourth-order valence-corrected chi connectivity index (χ4v) is 4.60. The second-order valence-electron chi connectivity index (χ2n) is 5.40. The number of sulfonamides is 1. The zero-order valence-electron chi connectivity index (χ0n) is 11.8. The Morgan fingerprint density at radius 3 is 2.55 bits per heavy atom. The Morgan fingerprint density at radius 2 is 2.05 bits per heavy atom. The molecule has 1 fully saturated rings. The van der Waals surface area contributed by atoms with Crippen LogP contribution in [-0.4, -0.2) is 31.9 Å². The van der Waals surface area contributed by atoms with Gasteiger partial charge in [0.15, 0.2) is 0 Å². The standard InChI is InChI=1S/C13H16ClF3N2O2S/c1-8-4-9(6-18)7-19(8)22(20,21)10-2-3-12(14)11(5-10)13(15,16)17/h2-3,5,8-9H,4,6-7,18H2,1H3. The van der Waals surface area contributed by atoms with Crippen LogP contribution in [0.3, 0.4) is 0 Å². The van der Waals surface area contributed by atoms with Gasteiger partial charge in [0, 0.05) is 12.6 Å². The number of benzene rings is 1. The van der Waals surface area contributed by atoms with E-state index in [0.29, 0.717) is 19.0 Å². The van der Waals surface area contributed by atoms with Crippen molar-refractivity contribution in [3.8, 4) is 0 Å². The maximum absolute atomic E-state index is 12.9. The SMILES string of the molecule is CC1CC(CN)CN1S(=O)(=O)c1ccc(Cl)c(C(F)(F)F)c1. The monoisotopic (exact) mass is 356 g/mol. The topological polar surface area (TPSA) is 63.4 Å². The van der Waals surface area contributed by atoms with Gasteiger partial charge >= 0.3 is 6.18 Å². The van der Waals surface area contributed by atoms with Gasteiger partial charge in [-0.2, -0.15) is 17.5 Å². The van der Waals surface area contributed by atoms with Crippen molar-refractivity contribution in [1.82, 2.24) is 4.31 Å². The lowest BCUT2D eigenvalue weighted by Crippen LogP contribution is -2.34. The molecular formula is C13H16ClF3N2O2S. The third-order valence-corrected chi connectivity index (χ3v) is 6.09. The van der Waals surface area contributed by atoms with Crippen LogP contribution in [0, 0.1) is 5.92 Å². The highest BCUT2D eigenvalue weighted by Crippen LogP contribution is 2.37. The highest BCUT2D eigenvalue weighted by molar-refractivity contribution is 7.89. The molecule has 0 bridgehead atoms. The van der Waals surface area contributed by atoms with Crippen molar-refractivity contribution in [3.63, 3.8) is 0 Å². The Morgan fingerprint density at radius 1 is 1.41 bits per heavy atom. The lowest BCUT2D eigenvalue weighted by molar-refractivity contribution is -0.137. The van der Waals surface area contributed by atoms with Gasteiger partial charge in [-0.1, -0.05) is 11.6 Å². The molecular weight excluding hydrogens is 341 g/mol. The van der Waals surface area contributed by atoms with Gasteiger partial charge < -0.3 is 5.73 Å². The first-order valence-corrected chi connectivity index (χ1v) is 8.48. The predicted molar refractivity (Wildman–Crippen MR) is 77.0 cm³/mol. The number of nitrogens with zero attached hydrogens (tertiary/aromatic N) is 1. The van der Waals surface area contributed by atoms with E-state index < -0.39 is 31.7 Å². The van der Waals surface area contributed by atoms with Crippen LogP contribution in [0.4, 0.5) is 13.2 Å². The number of nitrogens with two attached hydrogens (primary N) is 1. The third kappa shape index (κ3) is 3.24. The molecule has 0 saturated carbocycles. The molecule has 1 saturated heterocycles. The van der Waals surface area contributed by atoms with Crippen molar-refractivity contribution < 1.29 is 21.6 Å². The second kappa shape index (κ2) is 5.99. The highest BCUT2D eigenvalue weighted by atomic mass is 35.5. The number of hydrogen-bond donors (Lipinski definition) is 1. The minimum Gasteiger partial charge on any atom is -0.330 e. The number of halogens is 4. The summed E-state index contributed by atoms with van der Waals surface area (Å²) in [5.41, 5.74) is 4.40. The van der Waals surface area contributed by atoms with Gasteiger partial charge in [0.2, 0.25) is 10.0 Å². The Hall–Kier alpha value is -0.830. The zero-order chi connectivity index (χ0) is 16.7. The summed E-state index contributed by atoms with van der Waals surface area (Å²) in [6.07, 6.45) is -4.12. The molecule has 0 aliphatic carbocycles. The highest BCUT2D eigenvalue weighted by Gasteiger charge is 2.39. The summed E-state index contributed by atoms with van der Waals surface area (Å²) < 4.78 is 65.0. The van der Waals surface area contributed by atoms with E-state index in [9.17, 15) is 21.6 Å². The average molecular weight is 357 g/mol. The molecule has 22 heavy (non-hydrogen) atoms. The molecule has 2 N–H and O–H groups in total. The lowest BCUT2D eigenvalue weighted by atomic mass is 10.1. The van der Waals surface area contributed by atoms with Gasteiger partial charge in [-0.3, -0.25) is 0 Å². The maximum atomic E-state index is 12.9. The molecule has 2 atom stereocenters. The summed E-state index contributed by atoms with van der Waals surface area (Å²) >= 11 is 5.52. The fraction of sp³-hybridized carbons (Fsp3) is 0.538.